The van der Waals surface area contributed by atoms with Crippen molar-refractivity contribution in [3.63, 3.8) is 0 Å². The Morgan fingerprint density at radius 1 is 0.929 bits per heavy atom. The first-order chi connectivity index (χ1) is 13.3. The van der Waals surface area contributed by atoms with Gasteiger partial charge in [0.1, 0.15) is 5.75 Å². The molecular formula is C24H32Cl2O2. The summed E-state index contributed by atoms with van der Waals surface area (Å²) < 4.78 is 11.6. The van der Waals surface area contributed by atoms with Gasteiger partial charge in [-0.3, -0.25) is 0 Å². The summed E-state index contributed by atoms with van der Waals surface area (Å²) >= 11 is 13.0. The average molecular weight is 423 g/mol. The van der Waals surface area contributed by atoms with Gasteiger partial charge in [-0.25, -0.2) is 0 Å². The number of benzene rings is 2. The highest BCUT2D eigenvalue weighted by molar-refractivity contribution is 6.37. The summed E-state index contributed by atoms with van der Waals surface area (Å²) in [5, 5.41) is 1.11. The molecule has 4 heteroatoms. The fourth-order valence-electron chi connectivity index (χ4n) is 2.87. The van der Waals surface area contributed by atoms with Crippen LogP contribution in [0, 0.1) is 5.92 Å². The molecule has 0 radical (unpaired) electrons. The zero-order chi connectivity index (χ0) is 20.7. The molecule has 0 saturated heterocycles. The van der Waals surface area contributed by atoms with Gasteiger partial charge in [0.05, 0.1) is 23.3 Å². The van der Waals surface area contributed by atoms with E-state index in [1.54, 1.807) is 0 Å². The Morgan fingerprint density at radius 2 is 1.54 bits per heavy atom. The molecule has 154 valence electrons. The normalized spacial score (nSPS) is 12.7. The Hall–Kier alpha value is -1.38. The van der Waals surface area contributed by atoms with Crippen LogP contribution in [0.25, 0.3) is 0 Å². The zero-order valence-electron chi connectivity index (χ0n) is 17.6. The Labute approximate surface area is 180 Å². The number of halogens is 2. The standard InChI is InChI=1S/C24H32Cl2O2/c1-6-8-13-27-20-11-9-18(10-12-20)24(4,5)19-14-21(25)23(22(26)15-19)28-16-17(3)7-2/h9-12,14-15,17H,6-8,13,16H2,1-5H3/t17-/m1/s1. The van der Waals surface area contributed by atoms with Gasteiger partial charge >= 0.3 is 0 Å². The predicted molar refractivity (Wildman–Crippen MR) is 120 cm³/mol. The predicted octanol–water partition coefficient (Wildman–Crippen LogP) is 7.92. The topological polar surface area (TPSA) is 18.5 Å². The van der Waals surface area contributed by atoms with E-state index in [4.69, 9.17) is 32.7 Å². The van der Waals surface area contributed by atoms with E-state index in [0.717, 1.165) is 37.2 Å². The first-order valence-electron chi connectivity index (χ1n) is 10.1. The Morgan fingerprint density at radius 3 is 2.07 bits per heavy atom. The molecule has 0 fully saturated rings. The number of unbranched alkanes of at least 4 members (excludes halogenated alkanes) is 1. The van der Waals surface area contributed by atoms with E-state index in [9.17, 15) is 0 Å². The van der Waals surface area contributed by atoms with Crippen LogP contribution < -0.4 is 9.47 Å². The minimum absolute atomic E-state index is 0.246. The first-order valence-corrected chi connectivity index (χ1v) is 10.9. The summed E-state index contributed by atoms with van der Waals surface area (Å²) in [5.74, 6) is 1.93. The number of ether oxygens (including phenoxy) is 2. The molecule has 2 rings (SSSR count). The maximum atomic E-state index is 6.52. The van der Waals surface area contributed by atoms with Crippen LogP contribution in [0.15, 0.2) is 36.4 Å². The van der Waals surface area contributed by atoms with Crippen molar-refractivity contribution in [1.82, 2.24) is 0 Å². The van der Waals surface area contributed by atoms with Crippen LogP contribution in [-0.2, 0) is 5.41 Å². The minimum Gasteiger partial charge on any atom is -0.494 e. The molecule has 0 saturated carbocycles. The van der Waals surface area contributed by atoms with Gasteiger partial charge < -0.3 is 9.47 Å². The second kappa shape index (κ2) is 10.4. The van der Waals surface area contributed by atoms with Crippen LogP contribution in [-0.4, -0.2) is 13.2 Å². The molecule has 0 spiro atoms. The lowest BCUT2D eigenvalue weighted by Crippen LogP contribution is -2.19. The van der Waals surface area contributed by atoms with Crippen molar-refractivity contribution in [2.45, 2.75) is 59.3 Å². The summed E-state index contributed by atoms with van der Waals surface area (Å²) in [5.41, 5.74) is 1.98. The fourth-order valence-corrected chi connectivity index (χ4v) is 3.47. The smallest absolute Gasteiger partial charge is 0.156 e. The van der Waals surface area contributed by atoms with Crippen molar-refractivity contribution >= 4 is 23.2 Å². The second-order valence-electron chi connectivity index (χ2n) is 7.94. The third-order valence-corrected chi connectivity index (χ3v) is 5.83. The molecule has 0 N–H and O–H groups in total. The van der Waals surface area contributed by atoms with E-state index in [0.29, 0.717) is 28.3 Å². The summed E-state index contributed by atoms with van der Waals surface area (Å²) in [6, 6.07) is 12.2. The van der Waals surface area contributed by atoms with Crippen LogP contribution in [0.2, 0.25) is 10.0 Å². The molecule has 0 aliphatic heterocycles. The van der Waals surface area contributed by atoms with Gasteiger partial charge in [-0.1, -0.05) is 82.8 Å². The Kier molecular flexibility index (Phi) is 8.52. The van der Waals surface area contributed by atoms with Gasteiger partial charge in [0.2, 0.25) is 0 Å². The van der Waals surface area contributed by atoms with E-state index in [-0.39, 0.29) is 5.41 Å². The van der Waals surface area contributed by atoms with Crippen molar-refractivity contribution < 1.29 is 9.47 Å². The molecule has 0 aliphatic rings. The molecule has 1 atom stereocenters. The lowest BCUT2D eigenvalue weighted by Gasteiger charge is -2.27. The molecule has 2 aromatic carbocycles. The van der Waals surface area contributed by atoms with E-state index in [2.05, 4.69) is 46.8 Å². The van der Waals surface area contributed by atoms with E-state index in [1.807, 2.05) is 24.3 Å². The molecule has 2 nitrogen and oxygen atoms in total. The van der Waals surface area contributed by atoms with Crippen LogP contribution in [0.5, 0.6) is 11.5 Å². The number of hydrogen-bond donors (Lipinski definition) is 0. The summed E-state index contributed by atoms with van der Waals surface area (Å²) in [6.07, 6.45) is 3.25. The van der Waals surface area contributed by atoms with Crippen molar-refractivity contribution in [3.8, 4) is 11.5 Å². The van der Waals surface area contributed by atoms with Crippen molar-refractivity contribution in [3.05, 3.63) is 57.6 Å². The number of rotatable bonds is 10. The molecule has 0 heterocycles. The Bertz CT molecular complexity index is 731. The summed E-state index contributed by atoms with van der Waals surface area (Å²) in [4.78, 5) is 0. The number of hydrogen-bond acceptors (Lipinski definition) is 2. The highest BCUT2D eigenvalue weighted by atomic mass is 35.5. The molecule has 0 amide bonds. The SMILES string of the molecule is CCCCOc1ccc(C(C)(C)c2cc(Cl)c(OC[C@H](C)CC)c(Cl)c2)cc1. The van der Waals surface area contributed by atoms with Crippen molar-refractivity contribution in [2.75, 3.05) is 13.2 Å². The van der Waals surface area contributed by atoms with Crippen molar-refractivity contribution in [2.24, 2.45) is 5.92 Å². The fraction of sp³-hybridized carbons (Fsp3) is 0.500. The van der Waals surface area contributed by atoms with E-state index < -0.39 is 0 Å². The van der Waals surface area contributed by atoms with Crippen LogP contribution in [0.4, 0.5) is 0 Å². The maximum absolute atomic E-state index is 6.52. The molecule has 0 unspecified atom stereocenters. The summed E-state index contributed by atoms with van der Waals surface area (Å²) in [7, 11) is 0. The van der Waals surface area contributed by atoms with Crippen LogP contribution in [0.3, 0.4) is 0 Å². The lowest BCUT2D eigenvalue weighted by molar-refractivity contribution is 0.257. The average Bonchev–Trinajstić information content (AvgIpc) is 2.67. The molecule has 2 aromatic rings. The van der Waals surface area contributed by atoms with E-state index >= 15 is 0 Å². The van der Waals surface area contributed by atoms with Crippen LogP contribution >= 0.6 is 23.2 Å². The lowest BCUT2D eigenvalue weighted by atomic mass is 9.78. The van der Waals surface area contributed by atoms with E-state index in [1.165, 1.54) is 5.56 Å². The minimum atomic E-state index is -0.246. The highest BCUT2D eigenvalue weighted by Gasteiger charge is 2.25. The largest absolute Gasteiger partial charge is 0.494 e. The van der Waals surface area contributed by atoms with Gasteiger partial charge in [0.25, 0.3) is 0 Å². The monoisotopic (exact) mass is 422 g/mol. The molecule has 0 bridgehead atoms. The molecule has 0 aromatic heterocycles. The van der Waals surface area contributed by atoms with Gasteiger partial charge in [-0.2, -0.15) is 0 Å². The van der Waals surface area contributed by atoms with Gasteiger partial charge in [0.15, 0.2) is 5.75 Å². The van der Waals surface area contributed by atoms with Crippen LogP contribution in [0.1, 0.15) is 65.0 Å². The van der Waals surface area contributed by atoms with Gasteiger partial charge in [-0.15, -0.1) is 0 Å². The summed E-state index contributed by atoms with van der Waals surface area (Å²) in [6.45, 7) is 12.1. The Balaban J connectivity index is 2.20. The van der Waals surface area contributed by atoms with Crippen molar-refractivity contribution in [1.29, 1.82) is 0 Å². The third-order valence-electron chi connectivity index (χ3n) is 5.27. The second-order valence-corrected chi connectivity index (χ2v) is 8.76. The third kappa shape index (κ3) is 5.81. The molecule has 0 aliphatic carbocycles. The zero-order valence-corrected chi connectivity index (χ0v) is 19.2. The highest BCUT2D eigenvalue weighted by Crippen LogP contribution is 2.40. The first kappa shape index (κ1) is 22.9. The molecular weight excluding hydrogens is 391 g/mol. The quantitative estimate of drug-likeness (QED) is 0.361. The van der Waals surface area contributed by atoms with Gasteiger partial charge in [0, 0.05) is 5.41 Å². The van der Waals surface area contributed by atoms with Gasteiger partial charge in [-0.05, 0) is 47.7 Å². The maximum Gasteiger partial charge on any atom is 0.156 e. The molecule has 28 heavy (non-hydrogen) atoms.